The number of rotatable bonds is 1. The molecule has 1 aliphatic heterocycles. The van der Waals surface area contributed by atoms with Gasteiger partial charge in [0, 0.05) is 0 Å². The summed E-state index contributed by atoms with van der Waals surface area (Å²) in [5, 5.41) is 0. The monoisotopic (exact) mass is 316 g/mol. The van der Waals surface area contributed by atoms with Crippen molar-refractivity contribution in [2.45, 2.75) is 39.3 Å². The lowest BCUT2D eigenvalue weighted by atomic mass is 11.9. The van der Waals surface area contributed by atoms with Crippen LogP contribution in [0.2, 0.25) is 39.3 Å². The van der Waals surface area contributed by atoms with Crippen LogP contribution in [0, 0.1) is 0 Å². The van der Waals surface area contributed by atoms with Crippen molar-refractivity contribution in [1.29, 1.82) is 0 Å². The maximum absolute atomic E-state index is 6.22. The maximum atomic E-state index is 6.22. The van der Waals surface area contributed by atoms with E-state index >= 15 is 0 Å². The van der Waals surface area contributed by atoms with Crippen LogP contribution in [0.25, 0.3) is 0 Å². The number of nitrogens with one attached hydrogen (secondary N) is 2. The lowest BCUT2D eigenvalue weighted by Gasteiger charge is -2.57. The lowest BCUT2D eigenvalue weighted by molar-refractivity contribution is 0.847. The van der Waals surface area contributed by atoms with Crippen LogP contribution in [-0.2, 0) is 0 Å². The van der Waals surface area contributed by atoms with Gasteiger partial charge in [-0.05, 0) is 39.3 Å². The van der Waals surface area contributed by atoms with Gasteiger partial charge in [-0.3, -0.25) is 0 Å². The third-order valence-corrected chi connectivity index (χ3v) is 25.8. The zero-order valence-corrected chi connectivity index (χ0v) is 15.7. The van der Waals surface area contributed by atoms with Crippen molar-refractivity contribution < 1.29 is 0 Å². The molecule has 0 saturated carbocycles. The second-order valence-electron chi connectivity index (χ2n) is 5.57. The lowest BCUT2D eigenvalue weighted by Crippen LogP contribution is -2.89. The van der Waals surface area contributed by atoms with Crippen LogP contribution in [-0.4, -0.2) is 36.7 Å². The molecule has 0 bridgehead atoms. The highest BCUT2D eigenvalue weighted by molar-refractivity contribution is 7.38. The van der Waals surface area contributed by atoms with Crippen LogP contribution >= 0.6 is 22.2 Å². The molecule has 0 spiro atoms. The predicted molar refractivity (Wildman–Crippen MR) is 78.0 cm³/mol. The number of nitrogens with zero attached hydrogens (tertiary/aromatic N) is 1. The summed E-state index contributed by atoms with van der Waals surface area (Å²) in [5.41, 5.74) is 0. The molecule has 0 aromatic rings. The van der Waals surface area contributed by atoms with Crippen LogP contribution in [0.4, 0.5) is 0 Å². The number of hydrogen-bond acceptors (Lipinski definition) is 3. The minimum Gasteiger partial charge on any atom is -0.337 e. The maximum Gasteiger partial charge on any atom is 0.348 e. The van der Waals surface area contributed by atoms with E-state index in [0.29, 0.717) is 0 Å². The van der Waals surface area contributed by atoms with Gasteiger partial charge in [-0.25, -0.2) is 0 Å². The molecule has 1 rings (SSSR count). The largest absolute Gasteiger partial charge is 0.348 e. The molecule has 1 radical (unpaired) electrons. The minimum atomic E-state index is -1.63. The van der Waals surface area contributed by atoms with E-state index < -0.39 is 32.8 Å². The molecular weight excluding hydrogens is 297 g/mol. The molecule has 1 saturated heterocycles. The zero-order valence-electron chi connectivity index (χ0n) is 10.2. The normalized spacial score (nSPS) is 29.4. The van der Waals surface area contributed by atoms with Crippen molar-refractivity contribution in [3.63, 3.8) is 0 Å². The Morgan fingerprint density at radius 1 is 0.867 bits per heavy atom. The molecule has 0 atom stereocenters. The second kappa shape index (κ2) is 4.21. The second-order valence-corrected chi connectivity index (χ2v) is 22.9. The summed E-state index contributed by atoms with van der Waals surface area (Å²) in [6.45, 7) is 13.9. The third-order valence-electron chi connectivity index (χ3n) is 2.52. The average molecular weight is 317 g/mol. The molecule has 0 aromatic carbocycles. The fourth-order valence-electron chi connectivity index (χ4n) is 2.79. The van der Waals surface area contributed by atoms with Crippen LogP contribution < -0.4 is 9.30 Å². The first kappa shape index (κ1) is 14.4. The minimum absolute atomic E-state index is 1.40. The van der Waals surface area contributed by atoms with E-state index in [1.54, 1.807) is 0 Å². The van der Waals surface area contributed by atoms with Gasteiger partial charge in [0.05, 0.1) is 0 Å². The van der Waals surface area contributed by atoms with Gasteiger partial charge in [-0.15, -0.1) is 22.2 Å². The zero-order chi connectivity index (χ0) is 12.1. The molecule has 1 fully saturated rings. The summed E-state index contributed by atoms with van der Waals surface area (Å²) in [5.74, 6) is 0. The van der Waals surface area contributed by atoms with Crippen LogP contribution in [0.5, 0.6) is 0 Å². The molecule has 89 valence electrons. The van der Waals surface area contributed by atoms with Crippen molar-refractivity contribution in [3.05, 3.63) is 0 Å². The summed E-state index contributed by atoms with van der Waals surface area (Å²) in [7, 11) is -6.12. The van der Waals surface area contributed by atoms with Crippen LogP contribution in [0.3, 0.4) is 0 Å². The fourth-order valence-corrected chi connectivity index (χ4v) is 35.3. The van der Waals surface area contributed by atoms with Crippen molar-refractivity contribution in [1.82, 2.24) is 13.2 Å². The van der Waals surface area contributed by atoms with E-state index in [9.17, 15) is 0 Å². The average Bonchev–Trinajstić information content (AvgIpc) is 1.71. The van der Waals surface area contributed by atoms with Gasteiger partial charge in [0.25, 0.3) is 0 Å². The van der Waals surface area contributed by atoms with Gasteiger partial charge in [-0.1, -0.05) is 0 Å². The summed E-state index contributed by atoms with van der Waals surface area (Å²) >= 11 is 12.4. The van der Waals surface area contributed by atoms with Crippen molar-refractivity contribution in [2.75, 3.05) is 0 Å². The Morgan fingerprint density at radius 2 is 1.20 bits per heavy atom. The Kier molecular flexibility index (Phi) is 4.04. The standard InChI is InChI=1S/C6H20Cl2N3Si4/c1-13(2)9-14(3,4)11(12(7)8)15(5,6)10-13/h9-10H,1-6H3. The molecule has 0 unspecified atom stereocenters. The van der Waals surface area contributed by atoms with Gasteiger partial charge in [0.1, 0.15) is 0 Å². The summed E-state index contributed by atoms with van der Waals surface area (Å²) in [6.07, 6.45) is 0. The van der Waals surface area contributed by atoms with Crippen molar-refractivity contribution in [2.24, 2.45) is 0 Å². The molecule has 9 heteroatoms. The highest BCUT2D eigenvalue weighted by Gasteiger charge is 2.53. The van der Waals surface area contributed by atoms with E-state index in [1.807, 2.05) is 0 Å². The quantitative estimate of drug-likeness (QED) is 0.572. The Hall–Kier alpha value is 1.33. The van der Waals surface area contributed by atoms with E-state index in [-0.39, 0.29) is 0 Å². The Balaban J connectivity index is 3.07. The summed E-state index contributed by atoms with van der Waals surface area (Å²) in [6, 6.07) is 0. The van der Waals surface area contributed by atoms with Crippen molar-refractivity contribution >= 4 is 54.9 Å². The van der Waals surface area contributed by atoms with Gasteiger partial charge in [0.15, 0.2) is 25.2 Å². The molecule has 0 amide bonds. The fraction of sp³-hybridized carbons (Fsp3) is 1.00. The van der Waals surface area contributed by atoms with Crippen LogP contribution in [0.15, 0.2) is 0 Å². The highest BCUT2D eigenvalue weighted by atomic mass is 35.7. The Labute approximate surface area is 107 Å². The van der Waals surface area contributed by atoms with Gasteiger partial charge in [0.2, 0.25) is 0 Å². The molecular formula is C6H20Cl2N3Si4. The first-order valence-electron chi connectivity index (χ1n) is 5.05. The van der Waals surface area contributed by atoms with Gasteiger partial charge in [-0.2, -0.15) is 0 Å². The van der Waals surface area contributed by atoms with E-state index in [0.717, 1.165) is 0 Å². The number of halogens is 2. The molecule has 0 aliphatic carbocycles. The molecule has 2 N–H and O–H groups in total. The summed E-state index contributed by atoms with van der Waals surface area (Å²) in [4.78, 5) is 0. The molecule has 15 heavy (non-hydrogen) atoms. The molecule has 0 aromatic heterocycles. The topological polar surface area (TPSA) is 27.3 Å². The highest BCUT2D eigenvalue weighted by Crippen LogP contribution is 2.27. The van der Waals surface area contributed by atoms with Gasteiger partial charge >= 0.3 is 7.58 Å². The first-order valence-corrected chi connectivity index (χ1v) is 17.4. The summed E-state index contributed by atoms with van der Waals surface area (Å²) < 4.78 is 10.0. The number of hydrogen-bond donors (Lipinski definition) is 2. The van der Waals surface area contributed by atoms with Crippen LogP contribution in [0.1, 0.15) is 0 Å². The van der Waals surface area contributed by atoms with E-state index in [4.69, 9.17) is 22.2 Å². The van der Waals surface area contributed by atoms with E-state index in [2.05, 4.69) is 52.5 Å². The Bertz CT molecular complexity index is 239. The Morgan fingerprint density at radius 3 is 1.47 bits per heavy atom. The van der Waals surface area contributed by atoms with E-state index in [1.165, 1.54) is 0 Å². The van der Waals surface area contributed by atoms with Gasteiger partial charge < -0.3 is 13.2 Å². The smallest absolute Gasteiger partial charge is 0.337 e. The molecule has 3 nitrogen and oxygen atoms in total. The SMILES string of the molecule is C[Si]1(C)N[Si](C)(C)N([Si](Cl)Cl)[Si](C)(C)N1. The van der Waals surface area contributed by atoms with Crippen molar-refractivity contribution in [3.8, 4) is 0 Å². The third kappa shape index (κ3) is 3.17. The molecule has 1 heterocycles. The predicted octanol–water partition coefficient (Wildman–Crippen LogP) is 2.05. The first-order chi connectivity index (χ1) is 6.48. The molecule has 1 aliphatic rings.